The number of benzene rings is 1. The maximum Gasteiger partial charge on any atom is 0.317 e. The Hall–Kier alpha value is -2.11. The summed E-state index contributed by atoms with van der Waals surface area (Å²) in [6.45, 7) is 5.69. The molecular formula is C14H20N4O2. The lowest BCUT2D eigenvalue weighted by atomic mass is 10.1. The van der Waals surface area contributed by atoms with Crippen LogP contribution >= 0.6 is 0 Å². The first kappa shape index (κ1) is 12.9. The maximum absolute atomic E-state index is 11.6. The fourth-order valence-electron chi connectivity index (χ4n) is 2.88. The van der Waals surface area contributed by atoms with Crippen LogP contribution in [0.3, 0.4) is 0 Å². The van der Waals surface area contributed by atoms with Crippen LogP contribution in [0.4, 0.5) is 16.2 Å². The van der Waals surface area contributed by atoms with Crippen LogP contribution < -0.4 is 20.7 Å². The van der Waals surface area contributed by atoms with E-state index in [1.165, 1.54) is 0 Å². The number of rotatable bonds is 3. The molecule has 3 rings (SSSR count). The van der Waals surface area contributed by atoms with E-state index in [-0.39, 0.29) is 12.1 Å². The number of amides is 2. The first-order chi connectivity index (χ1) is 9.67. The summed E-state index contributed by atoms with van der Waals surface area (Å²) in [7, 11) is 0. The van der Waals surface area contributed by atoms with Crippen LogP contribution in [0.2, 0.25) is 0 Å². The topological polar surface area (TPSA) is 70.8 Å². The molecule has 0 radical (unpaired) electrons. The van der Waals surface area contributed by atoms with Gasteiger partial charge in [0.15, 0.2) is 0 Å². The molecule has 0 aliphatic carbocycles. The molecule has 6 nitrogen and oxygen atoms in total. The van der Waals surface area contributed by atoms with Gasteiger partial charge >= 0.3 is 6.03 Å². The molecule has 2 saturated heterocycles. The first-order valence-electron chi connectivity index (χ1n) is 7.00. The number of nitrogens with two attached hydrogens (primary N) is 1. The van der Waals surface area contributed by atoms with Crippen molar-refractivity contribution >= 4 is 17.4 Å². The Morgan fingerprint density at radius 2 is 2.25 bits per heavy atom. The molecule has 0 bridgehead atoms. The molecule has 2 aliphatic rings. The van der Waals surface area contributed by atoms with Crippen LogP contribution in [0.1, 0.15) is 6.92 Å². The third-order valence-electron chi connectivity index (χ3n) is 3.82. The summed E-state index contributed by atoms with van der Waals surface area (Å²) in [6, 6.07) is 6.11. The minimum Gasteiger partial charge on any atom is -0.494 e. The van der Waals surface area contributed by atoms with E-state index in [4.69, 9.17) is 10.5 Å². The largest absolute Gasteiger partial charge is 0.494 e. The number of fused-ring (bicyclic) bond motifs is 1. The van der Waals surface area contributed by atoms with Crippen molar-refractivity contribution in [1.82, 2.24) is 10.2 Å². The zero-order valence-electron chi connectivity index (χ0n) is 11.6. The highest BCUT2D eigenvalue weighted by atomic mass is 16.5. The Morgan fingerprint density at radius 1 is 1.40 bits per heavy atom. The van der Waals surface area contributed by atoms with Crippen LogP contribution in [0.15, 0.2) is 18.2 Å². The molecule has 0 spiro atoms. The molecule has 2 amide bonds. The van der Waals surface area contributed by atoms with Crippen molar-refractivity contribution in [2.75, 3.05) is 43.4 Å². The maximum atomic E-state index is 11.6. The van der Waals surface area contributed by atoms with Crippen molar-refractivity contribution < 1.29 is 9.53 Å². The summed E-state index contributed by atoms with van der Waals surface area (Å²) in [5.74, 6) is 0.797. The summed E-state index contributed by atoms with van der Waals surface area (Å²) in [6.07, 6.45) is 0. The molecule has 1 aromatic rings. The molecule has 6 heteroatoms. The average Bonchev–Trinajstić information content (AvgIpc) is 2.80. The molecule has 20 heavy (non-hydrogen) atoms. The van der Waals surface area contributed by atoms with Gasteiger partial charge in [0.2, 0.25) is 0 Å². The second-order valence-electron chi connectivity index (χ2n) is 5.17. The van der Waals surface area contributed by atoms with Crippen LogP contribution in [-0.4, -0.2) is 49.8 Å². The molecule has 2 heterocycles. The molecule has 2 fully saturated rings. The molecule has 0 aromatic heterocycles. The fourth-order valence-corrected chi connectivity index (χ4v) is 2.88. The zero-order valence-corrected chi connectivity index (χ0v) is 11.6. The summed E-state index contributed by atoms with van der Waals surface area (Å²) in [5, 5.41) is 2.89. The van der Waals surface area contributed by atoms with Gasteiger partial charge in [-0.2, -0.15) is 0 Å². The van der Waals surface area contributed by atoms with Gasteiger partial charge in [0.05, 0.1) is 12.6 Å². The number of anilines is 2. The Balaban J connectivity index is 1.78. The van der Waals surface area contributed by atoms with Crippen LogP contribution in [0.25, 0.3) is 0 Å². The van der Waals surface area contributed by atoms with E-state index >= 15 is 0 Å². The number of carbonyl (C=O) groups excluding carboxylic acids is 1. The summed E-state index contributed by atoms with van der Waals surface area (Å²) < 4.78 is 5.54. The quantitative estimate of drug-likeness (QED) is 0.804. The predicted octanol–water partition coefficient (Wildman–Crippen LogP) is 0.881. The highest BCUT2D eigenvalue weighted by Crippen LogP contribution is 2.28. The normalized spacial score (nSPS) is 21.6. The minimum atomic E-state index is 0.0530. The number of carbonyl (C=O) groups is 1. The molecule has 1 aromatic carbocycles. The minimum absolute atomic E-state index is 0.0530. The second-order valence-corrected chi connectivity index (χ2v) is 5.17. The van der Waals surface area contributed by atoms with Gasteiger partial charge in [0.1, 0.15) is 5.75 Å². The smallest absolute Gasteiger partial charge is 0.317 e. The number of urea groups is 1. The van der Waals surface area contributed by atoms with Gasteiger partial charge in [0.25, 0.3) is 0 Å². The number of hydrogen-bond acceptors (Lipinski definition) is 4. The number of nitrogen functional groups attached to an aromatic ring is 1. The van der Waals surface area contributed by atoms with E-state index < -0.39 is 0 Å². The van der Waals surface area contributed by atoms with Crippen molar-refractivity contribution in [3.63, 3.8) is 0 Å². The van der Waals surface area contributed by atoms with Gasteiger partial charge in [-0.15, -0.1) is 0 Å². The number of piperazine rings is 1. The lowest BCUT2D eigenvalue weighted by Crippen LogP contribution is -2.52. The Morgan fingerprint density at radius 3 is 3.05 bits per heavy atom. The molecule has 2 aliphatic heterocycles. The van der Waals surface area contributed by atoms with Crippen molar-refractivity contribution in [2.24, 2.45) is 0 Å². The number of nitrogens with zero attached hydrogens (tertiary/aromatic N) is 2. The van der Waals surface area contributed by atoms with Gasteiger partial charge in [-0.05, 0) is 13.0 Å². The van der Waals surface area contributed by atoms with Crippen LogP contribution in [-0.2, 0) is 0 Å². The third kappa shape index (κ3) is 2.33. The van der Waals surface area contributed by atoms with E-state index in [1.54, 1.807) is 0 Å². The molecule has 3 N–H and O–H groups in total. The van der Waals surface area contributed by atoms with E-state index in [0.29, 0.717) is 12.3 Å². The van der Waals surface area contributed by atoms with E-state index in [2.05, 4.69) is 10.2 Å². The van der Waals surface area contributed by atoms with E-state index in [1.807, 2.05) is 30.0 Å². The summed E-state index contributed by atoms with van der Waals surface area (Å²) >= 11 is 0. The standard InChI is InChI=1S/C14H20N4O2/c1-2-20-13-6-10(15)5-11(7-13)17-3-4-18-12(9-17)8-16-14(18)19/h5-7,12H,2-4,8-9,15H2,1H3,(H,16,19). The molecule has 0 saturated carbocycles. The van der Waals surface area contributed by atoms with Gasteiger partial charge in [-0.25, -0.2) is 4.79 Å². The van der Waals surface area contributed by atoms with Crippen LogP contribution in [0.5, 0.6) is 5.75 Å². The van der Waals surface area contributed by atoms with Crippen molar-refractivity contribution in [3.8, 4) is 5.75 Å². The monoisotopic (exact) mass is 276 g/mol. The molecule has 1 atom stereocenters. The Kier molecular flexibility index (Phi) is 3.30. The zero-order chi connectivity index (χ0) is 14.1. The Labute approximate surface area is 118 Å². The third-order valence-corrected chi connectivity index (χ3v) is 3.82. The fraction of sp³-hybridized carbons (Fsp3) is 0.500. The lowest BCUT2D eigenvalue weighted by Gasteiger charge is -2.38. The van der Waals surface area contributed by atoms with Gasteiger partial charge in [-0.3, -0.25) is 0 Å². The van der Waals surface area contributed by atoms with Crippen molar-refractivity contribution in [2.45, 2.75) is 13.0 Å². The number of ether oxygens (including phenoxy) is 1. The first-order valence-corrected chi connectivity index (χ1v) is 7.00. The highest BCUT2D eigenvalue weighted by Gasteiger charge is 2.35. The van der Waals surface area contributed by atoms with E-state index in [9.17, 15) is 4.79 Å². The SMILES string of the molecule is CCOc1cc(N)cc(N2CCN3C(=O)NCC3C2)c1. The second kappa shape index (κ2) is 5.11. The van der Waals surface area contributed by atoms with E-state index in [0.717, 1.165) is 37.6 Å². The van der Waals surface area contributed by atoms with Gasteiger partial charge < -0.3 is 25.6 Å². The summed E-state index contributed by atoms with van der Waals surface area (Å²) in [5.41, 5.74) is 7.71. The van der Waals surface area contributed by atoms with Crippen LogP contribution in [0, 0.1) is 0 Å². The van der Waals surface area contributed by atoms with Crippen molar-refractivity contribution in [1.29, 1.82) is 0 Å². The number of hydrogen-bond donors (Lipinski definition) is 2. The molecular weight excluding hydrogens is 256 g/mol. The average molecular weight is 276 g/mol. The molecule has 1 unspecified atom stereocenters. The highest BCUT2D eigenvalue weighted by molar-refractivity contribution is 5.77. The van der Waals surface area contributed by atoms with Gasteiger partial charge in [-0.1, -0.05) is 0 Å². The molecule has 108 valence electrons. The Bertz CT molecular complexity index is 520. The van der Waals surface area contributed by atoms with Gasteiger partial charge in [0, 0.05) is 49.7 Å². The predicted molar refractivity (Wildman–Crippen MR) is 78.1 cm³/mol. The summed E-state index contributed by atoms with van der Waals surface area (Å²) in [4.78, 5) is 15.8. The lowest BCUT2D eigenvalue weighted by molar-refractivity contribution is 0.197. The number of nitrogens with one attached hydrogen (secondary N) is 1. The van der Waals surface area contributed by atoms with Crippen molar-refractivity contribution in [3.05, 3.63) is 18.2 Å².